The first-order valence-corrected chi connectivity index (χ1v) is 6.76. The van der Waals surface area contributed by atoms with Gasteiger partial charge < -0.3 is 20.1 Å². The number of carbonyl (C=O) groups excluding carboxylic acids is 1. The van der Waals surface area contributed by atoms with E-state index in [0.29, 0.717) is 13.0 Å². The molecule has 20 heavy (non-hydrogen) atoms. The van der Waals surface area contributed by atoms with E-state index in [-0.39, 0.29) is 18.6 Å². The largest absolute Gasteiger partial charge is 0.496 e. The summed E-state index contributed by atoms with van der Waals surface area (Å²) in [6.45, 7) is 2.79. The monoisotopic (exact) mass is 278 g/mol. The molecular formula is C15H22N2O3. The van der Waals surface area contributed by atoms with Crippen molar-refractivity contribution in [2.75, 3.05) is 27.4 Å². The van der Waals surface area contributed by atoms with Crippen molar-refractivity contribution in [3.05, 3.63) is 29.8 Å². The van der Waals surface area contributed by atoms with Gasteiger partial charge in [-0.15, -0.1) is 0 Å². The minimum atomic E-state index is -0.898. The predicted molar refractivity (Wildman–Crippen MR) is 76.5 cm³/mol. The second-order valence-corrected chi connectivity index (χ2v) is 5.29. The standard InChI is InChI=1S/C15H22N2O3/c1-11(12-6-4-5-7-13(12)19-3)17(2)14(18)15(16)8-9-20-10-15/h4-7,11H,8-10,16H2,1-3H3. The quantitative estimate of drug-likeness (QED) is 0.902. The van der Waals surface area contributed by atoms with Crippen molar-refractivity contribution in [3.63, 3.8) is 0 Å². The van der Waals surface area contributed by atoms with Gasteiger partial charge in [-0.05, 0) is 19.4 Å². The highest BCUT2D eigenvalue weighted by atomic mass is 16.5. The van der Waals surface area contributed by atoms with Crippen LogP contribution in [0.5, 0.6) is 5.75 Å². The fraction of sp³-hybridized carbons (Fsp3) is 0.533. The molecule has 5 nitrogen and oxygen atoms in total. The van der Waals surface area contributed by atoms with E-state index in [1.54, 1.807) is 19.1 Å². The van der Waals surface area contributed by atoms with Crippen LogP contribution in [-0.2, 0) is 9.53 Å². The summed E-state index contributed by atoms with van der Waals surface area (Å²) in [5.74, 6) is 0.682. The van der Waals surface area contributed by atoms with Gasteiger partial charge in [0.1, 0.15) is 11.3 Å². The van der Waals surface area contributed by atoms with E-state index in [0.717, 1.165) is 11.3 Å². The average Bonchev–Trinajstić information content (AvgIpc) is 2.93. The molecule has 2 N–H and O–H groups in total. The lowest BCUT2D eigenvalue weighted by Gasteiger charge is -2.32. The maximum absolute atomic E-state index is 12.6. The van der Waals surface area contributed by atoms with Crippen LogP contribution in [0, 0.1) is 0 Å². The summed E-state index contributed by atoms with van der Waals surface area (Å²) in [7, 11) is 3.40. The van der Waals surface area contributed by atoms with Gasteiger partial charge in [0.15, 0.2) is 0 Å². The number of hydrogen-bond donors (Lipinski definition) is 1. The Hall–Kier alpha value is -1.59. The molecule has 2 atom stereocenters. The number of nitrogens with two attached hydrogens (primary N) is 1. The molecule has 1 aliphatic heterocycles. The summed E-state index contributed by atoms with van der Waals surface area (Å²) < 4.78 is 10.6. The third-order valence-corrected chi connectivity index (χ3v) is 3.97. The Bertz CT molecular complexity index is 484. The lowest BCUT2D eigenvalue weighted by Crippen LogP contribution is -2.55. The molecule has 1 aromatic carbocycles. The van der Waals surface area contributed by atoms with Crippen LogP contribution >= 0.6 is 0 Å². The zero-order valence-corrected chi connectivity index (χ0v) is 12.3. The van der Waals surface area contributed by atoms with Crippen molar-refractivity contribution in [2.24, 2.45) is 5.73 Å². The maximum atomic E-state index is 12.6. The number of carbonyl (C=O) groups is 1. The Morgan fingerprint density at radius 2 is 2.20 bits per heavy atom. The summed E-state index contributed by atoms with van der Waals surface area (Å²) in [5, 5.41) is 0. The van der Waals surface area contributed by atoms with Crippen molar-refractivity contribution in [1.82, 2.24) is 4.90 Å². The van der Waals surface area contributed by atoms with Crippen LogP contribution in [0.15, 0.2) is 24.3 Å². The highest BCUT2D eigenvalue weighted by Crippen LogP contribution is 2.30. The van der Waals surface area contributed by atoms with Gasteiger partial charge in [-0.2, -0.15) is 0 Å². The molecule has 0 aliphatic carbocycles. The molecule has 1 heterocycles. The smallest absolute Gasteiger partial charge is 0.245 e. The molecule has 0 spiro atoms. The summed E-state index contributed by atoms with van der Waals surface area (Å²) in [6, 6.07) is 7.58. The molecule has 2 unspecified atom stereocenters. The fourth-order valence-corrected chi connectivity index (χ4v) is 2.50. The number of para-hydroxylation sites is 1. The fourth-order valence-electron chi connectivity index (χ4n) is 2.50. The van der Waals surface area contributed by atoms with Crippen molar-refractivity contribution < 1.29 is 14.3 Å². The summed E-state index contributed by atoms with van der Waals surface area (Å²) in [6.07, 6.45) is 0.564. The Morgan fingerprint density at radius 3 is 2.80 bits per heavy atom. The van der Waals surface area contributed by atoms with E-state index in [9.17, 15) is 4.79 Å². The van der Waals surface area contributed by atoms with Gasteiger partial charge in [0.05, 0.1) is 19.8 Å². The molecule has 0 aromatic heterocycles. The topological polar surface area (TPSA) is 64.8 Å². The van der Waals surface area contributed by atoms with Crippen LogP contribution in [0.2, 0.25) is 0 Å². The van der Waals surface area contributed by atoms with Crippen LogP contribution in [0.1, 0.15) is 24.9 Å². The summed E-state index contributed by atoms with van der Waals surface area (Å²) in [5.41, 5.74) is 6.21. The van der Waals surface area contributed by atoms with Crippen LogP contribution in [0.25, 0.3) is 0 Å². The normalized spacial score (nSPS) is 23.4. The van der Waals surface area contributed by atoms with Crippen molar-refractivity contribution in [2.45, 2.75) is 24.9 Å². The molecule has 2 rings (SSSR count). The van der Waals surface area contributed by atoms with E-state index >= 15 is 0 Å². The van der Waals surface area contributed by atoms with E-state index < -0.39 is 5.54 Å². The molecule has 110 valence electrons. The zero-order valence-electron chi connectivity index (χ0n) is 12.3. The van der Waals surface area contributed by atoms with Gasteiger partial charge in [0.2, 0.25) is 5.91 Å². The van der Waals surface area contributed by atoms with E-state index in [1.807, 2.05) is 31.2 Å². The number of methoxy groups -OCH3 is 1. The van der Waals surface area contributed by atoms with Gasteiger partial charge >= 0.3 is 0 Å². The number of likely N-dealkylation sites (N-methyl/N-ethyl adjacent to an activating group) is 1. The highest BCUT2D eigenvalue weighted by molar-refractivity contribution is 5.86. The van der Waals surface area contributed by atoms with Gasteiger partial charge in [0, 0.05) is 19.2 Å². The molecule has 0 radical (unpaired) electrons. The number of amides is 1. The predicted octanol–water partition coefficient (Wildman–Crippen LogP) is 1.33. The summed E-state index contributed by atoms with van der Waals surface area (Å²) >= 11 is 0. The molecule has 1 amide bonds. The molecular weight excluding hydrogens is 256 g/mol. The van der Waals surface area contributed by atoms with Crippen LogP contribution in [0.4, 0.5) is 0 Å². The first-order chi connectivity index (χ1) is 9.49. The Labute approximate surface area is 119 Å². The van der Waals surface area contributed by atoms with E-state index in [2.05, 4.69) is 0 Å². The van der Waals surface area contributed by atoms with Gasteiger partial charge in [0.25, 0.3) is 0 Å². The first kappa shape index (κ1) is 14.8. The number of ether oxygens (including phenoxy) is 2. The number of hydrogen-bond acceptors (Lipinski definition) is 4. The van der Waals surface area contributed by atoms with Gasteiger partial charge in [-0.1, -0.05) is 18.2 Å². The second-order valence-electron chi connectivity index (χ2n) is 5.29. The van der Waals surface area contributed by atoms with Crippen LogP contribution in [0.3, 0.4) is 0 Å². The Morgan fingerprint density at radius 1 is 1.50 bits per heavy atom. The number of benzene rings is 1. The molecule has 5 heteroatoms. The third-order valence-electron chi connectivity index (χ3n) is 3.97. The Balaban J connectivity index is 2.19. The molecule has 1 aliphatic rings. The summed E-state index contributed by atoms with van der Waals surface area (Å²) in [4.78, 5) is 14.2. The van der Waals surface area contributed by atoms with Gasteiger partial charge in [-0.25, -0.2) is 0 Å². The average molecular weight is 278 g/mol. The van der Waals surface area contributed by atoms with Crippen molar-refractivity contribution in [3.8, 4) is 5.75 Å². The van der Waals surface area contributed by atoms with Crippen LogP contribution in [-0.4, -0.2) is 43.7 Å². The minimum absolute atomic E-state index is 0.0894. The maximum Gasteiger partial charge on any atom is 0.245 e. The van der Waals surface area contributed by atoms with Crippen molar-refractivity contribution >= 4 is 5.91 Å². The second kappa shape index (κ2) is 5.81. The minimum Gasteiger partial charge on any atom is -0.496 e. The highest BCUT2D eigenvalue weighted by Gasteiger charge is 2.41. The van der Waals surface area contributed by atoms with Crippen molar-refractivity contribution in [1.29, 1.82) is 0 Å². The van der Waals surface area contributed by atoms with Crippen LogP contribution < -0.4 is 10.5 Å². The van der Waals surface area contributed by atoms with E-state index in [1.165, 1.54) is 0 Å². The third kappa shape index (κ3) is 2.64. The molecule has 1 fully saturated rings. The SMILES string of the molecule is COc1ccccc1C(C)N(C)C(=O)C1(N)CCOC1. The number of rotatable bonds is 4. The van der Waals surface area contributed by atoms with E-state index in [4.69, 9.17) is 15.2 Å². The lowest BCUT2D eigenvalue weighted by atomic mass is 9.96. The number of nitrogens with zero attached hydrogens (tertiary/aromatic N) is 1. The molecule has 1 aromatic rings. The first-order valence-electron chi connectivity index (χ1n) is 6.76. The van der Waals surface area contributed by atoms with Gasteiger partial charge in [-0.3, -0.25) is 4.79 Å². The lowest BCUT2D eigenvalue weighted by molar-refractivity contribution is -0.137. The molecule has 0 saturated carbocycles. The molecule has 1 saturated heterocycles. The Kier molecular flexibility index (Phi) is 4.30. The zero-order chi connectivity index (χ0) is 14.8. The molecule has 0 bridgehead atoms.